The molecule has 4 nitrogen and oxygen atoms in total. The van der Waals surface area contributed by atoms with E-state index < -0.39 is 0 Å². The van der Waals surface area contributed by atoms with Gasteiger partial charge in [0.25, 0.3) is 5.91 Å². The molecule has 0 unspecified atom stereocenters. The molecule has 2 N–H and O–H groups in total. The quantitative estimate of drug-likeness (QED) is 0.771. The van der Waals surface area contributed by atoms with Crippen molar-refractivity contribution in [2.24, 2.45) is 0 Å². The highest BCUT2D eigenvalue weighted by molar-refractivity contribution is 6.06. The normalized spacial score (nSPS) is 10.7. The Kier molecular flexibility index (Phi) is 3.55. The zero-order valence-electron chi connectivity index (χ0n) is 12.2. The van der Waals surface area contributed by atoms with Crippen LogP contribution < -0.4 is 10.1 Å². The number of aromatic amines is 1. The molecule has 112 valence electrons. The summed E-state index contributed by atoms with van der Waals surface area (Å²) in [5.41, 5.74) is 2.55. The average molecular weight is 298 g/mol. The van der Waals surface area contributed by atoms with E-state index in [4.69, 9.17) is 4.74 Å². The molecule has 5 heteroatoms. The monoisotopic (exact) mass is 298 g/mol. The van der Waals surface area contributed by atoms with E-state index >= 15 is 0 Å². The first-order valence-electron chi connectivity index (χ1n) is 6.81. The van der Waals surface area contributed by atoms with Crippen molar-refractivity contribution in [3.8, 4) is 5.75 Å². The number of rotatable bonds is 3. The molecular weight excluding hydrogens is 283 g/mol. The number of benzene rings is 2. The molecule has 0 spiro atoms. The molecule has 3 rings (SSSR count). The summed E-state index contributed by atoms with van der Waals surface area (Å²) in [6.45, 7) is 1.93. The summed E-state index contributed by atoms with van der Waals surface area (Å²) < 4.78 is 18.4. The van der Waals surface area contributed by atoms with Crippen LogP contribution in [-0.4, -0.2) is 18.0 Å². The molecule has 0 aliphatic heterocycles. The summed E-state index contributed by atoms with van der Waals surface area (Å²) in [6.07, 6.45) is 0. The first-order chi connectivity index (χ1) is 10.6. The second-order valence-corrected chi connectivity index (χ2v) is 5.07. The van der Waals surface area contributed by atoms with E-state index in [9.17, 15) is 9.18 Å². The van der Waals surface area contributed by atoms with Crippen LogP contribution in [0.4, 0.5) is 10.1 Å². The second kappa shape index (κ2) is 5.52. The van der Waals surface area contributed by atoms with Crippen molar-refractivity contribution in [1.29, 1.82) is 0 Å². The maximum absolute atomic E-state index is 13.2. The first kappa shape index (κ1) is 14.1. The zero-order valence-corrected chi connectivity index (χ0v) is 12.2. The highest BCUT2D eigenvalue weighted by atomic mass is 19.1. The van der Waals surface area contributed by atoms with Gasteiger partial charge in [0.05, 0.1) is 12.8 Å². The van der Waals surface area contributed by atoms with Gasteiger partial charge in [-0.05, 0) is 48.9 Å². The fourth-order valence-electron chi connectivity index (χ4n) is 2.33. The molecule has 3 aromatic rings. The summed E-state index contributed by atoms with van der Waals surface area (Å²) >= 11 is 0. The summed E-state index contributed by atoms with van der Waals surface area (Å²) in [4.78, 5) is 15.3. The van der Waals surface area contributed by atoms with Gasteiger partial charge in [0, 0.05) is 10.9 Å². The molecule has 0 atom stereocenters. The van der Waals surface area contributed by atoms with Crippen LogP contribution in [0, 0.1) is 12.7 Å². The lowest BCUT2D eigenvalue weighted by Gasteiger charge is -2.10. The number of carbonyl (C=O) groups excluding carboxylic acids is 1. The molecule has 0 bridgehead atoms. The minimum Gasteiger partial charge on any atom is -0.495 e. The summed E-state index contributed by atoms with van der Waals surface area (Å²) in [7, 11) is 1.55. The molecule has 2 aromatic carbocycles. The highest BCUT2D eigenvalue weighted by Crippen LogP contribution is 2.26. The Bertz CT molecular complexity index is 855. The number of halogens is 1. The van der Waals surface area contributed by atoms with Gasteiger partial charge < -0.3 is 15.0 Å². The third-order valence-electron chi connectivity index (χ3n) is 3.43. The van der Waals surface area contributed by atoms with Crippen LogP contribution in [-0.2, 0) is 0 Å². The predicted octanol–water partition coefficient (Wildman–Crippen LogP) is 3.88. The van der Waals surface area contributed by atoms with Gasteiger partial charge in [0.1, 0.15) is 17.3 Å². The fourth-order valence-corrected chi connectivity index (χ4v) is 2.33. The summed E-state index contributed by atoms with van der Waals surface area (Å²) in [5, 5.41) is 3.59. The van der Waals surface area contributed by atoms with Crippen LogP contribution >= 0.6 is 0 Å². The van der Waals surface area contributed by atoms with E-state index in [1.54, 1.807) is 25.3 Å². The number of fused-ring (bicyclic) bond motifs is 1. The van der Waals surface area contributed by atoms with E-state index in [0.29, 0.717) is 22.6 Å². The van der Waals surface area contributed by atoms with Crippen molar-refractivity contribution in [3.63, 3.8) is 0 Å². The number of aryl methyl sites for hydroxylation is 1. The Balaban J connectivity index is 1.91. The Hall–Kier alpha value is -2.82. The molecule has 0 radical (unpaired) electrons. The number of ether oxygens (including phenoxy) is 1. The van der Waals surface area contributed by atoms with Gasteiger partial charge in [-0.1, -0.05) is 6.07 Å². The third-order valence-corrected chi connectivity index (χ3v) is 3.43. The number of hydrogen-bond acceptors (Lipinski definition) is 2. The minimum absolute atomic E-state index is 0.305. The van der Waals surface area contributed by atoms with E-state index in [1.165, 1.54) is 12.1 Å². The molecule has 1 aromatic heterocycles. The van der Waals surface area contributed by atoms with Crippen molar-refractivity contribution >= 4 is 22.5 Å². The molecule has 0 fully saturated rings. The number of hydrogen-bond donors (Lipinski definition) is 2. The third kappa shape index (κ3) is 2.65. The van der Waals surface area contributed by atoms with E-state index in [0.717, 1.165) is 10.9 Å². The molecule has 1 amide bonds. The Morgan fingerprint density at radius 2 is 2.00 bits per heavy atom. The van der Waals surface area contributed by atoms with Crippen molar-refractivity contribution in [3.05, 3.63) is 59.5 Å². The fraction of sp³-hybridized carbons (Fsp3) is 0.118. The lowest BCUT2D eigenvalue weighted by molar-refractivity contribution is 0.102. The SMILES string of the molecule is COc1ccc(C)cc1NC(=O)c1cc2ccc(F)cc2[nH]1. The van der Waals surface area contributed by atoms with Gasteiger partial charge in [0.15, 0.2) is 0 Å². The standard InChI is InChI=1S/C17H15FN2O2/c1-10-3-6-16(22-2)14(7-10)20-17(21)15-8-11-4-5-12(18)9-13(11)19-15/h3-9,19H,1-2H3,(H,20,21). The van der Waals surface area contributed by atoms with Crippen molar-refractivity contribution in [2.45, 2.75) is 6.92 Å². The molecular formula is C17H15FN2O2. The van der Waals surface area contributed by atoms with Crippen LogP contribution in [0.5, 0.6) is 5.75 Å². The van der Waals surface area contributed by atoms with Crippen molar-refractivity contribution < 1.29 is 13.9 Å². The maximum Gasteiger partial charge on any atom is 0.272 e. The molecule has 0 saturated carbocycles. The van der Waals surface area contributed by atoms with Gasteiger partial charge in [-0.15, -0.1) is 0 Å². The van der Waals surface area contributed by atoms with Crippen LogP contribution in [0.3, 0.4) is 0 Å². The van der Waals surface area contributed by atoms with Gasteiger partial charge in [-0.3, -0.25) is 4.79 Å². The molecule has 0 saturated heterocycles. The van der Waals surface area contributed by atoms with E-state index in [-0.39, 0.29) is 11.7 Å². The predicted molar refractivity (Wildman–Crippen MR) is 83.9 cm³/mol. The topological polar surface area (TPSA) is 54.1 Å². The number of amides is 1. The maximum atomic E-state index is 13.2. The number of carbonyl (C=O) groups is 1. The first-order valence-corrected chi connectivity index (χ1v) is 6.81. The van der Waals surface area contributed by atoms with Crippen molar-refractivity contribution in [1.82, 2.24) is 4.98 Å². The van der Waals surface area contributed by atoms with Crippen LogP contribution in [0.25, 0.3) is 10.9 Å². The number of aromatic nitrogens is 1. The molecule has 1 heterocycles. The van der Waals surface area contributed by atoms with E-state index in [2.05, 4.69) is 10.3 Å². The lowest BCUT2D eigenvalue weighted by atomic mass is 10.2. The van der Waals surface area contributed by atoms with Crippen molar-refractivity contribution in [2.75, 3.05) is 12.4 Å². The number of H-pyrrole nitrogens is 1. The highest BCUT2D eigenvalue weighted by Gasteiger charge is 2.13. The molecule has 0 aliphatic rings. The zero-order chi connectivity index (χ0) is 15.7. The summed E-state index contributed by atoms with van der Waals surface area (Å²) in [6, 6.07) is 11.6. The number of methoxy groups -OCH3 is 1. The number of nitrogens with one attached hydrogen (secondary N) is 2. The Morgan fingerprint density at radius 3 is 2.77 bits per heavy atom. The lowest BCUT2D eigenvalue weighted by Crippen LogP contribution is -2.13. The number of anilines is 1. The van der Waals surface area contributed by atoms with Crippen LogP contribution in [0.1, 0.15) is 16.1 Å². The van der Waals surface area contributed by atoms with Crippen LogP contribution in [0.15, 0.2) is 42.5 Å². The summed E-state index contributed by atoms with van der Waals surface area (Å²) in [5.74, 6) is -0.0664. The van der Waals surface area contributed by atoms with Crippen LogP contribution in [0.2, 0.25) is 0 Å². The van der Waals surface area contributed by atoms with Gasteiger partial charge in [-0.2, -0.15) is 0 Å². The molecule has 22 heavy (non-hydrogen) atoms. The average Bonchev–Trinajstić information content (AvgIpc) is 2.90. The Morgan fingerprint density at radius 1 is 1.18 bits per heavy atom. The molecule has 0 aliphatic carbocycles. The Labute approximate surface area is 126 Å². The largest absolute Gasteiger partial charge is 0.495 e. The minimum atomic E-state index is -0.346. The smallest absolute Gasteiger partial charge is 0.272 e. The second-order valence-electron chi connectivity index (χ2n) is 5.07. The van der Waals surface area contributed by atoms with Gasteiger partial charge in [0.2, 0.25) is 0 Å². The van der Waals surface area contributed by atoms with Gasteiger partial charge in [-0.25, -0.2) is 4.39 Å². The van der Waals surface area contributed by atoms with Gasteiger partial charge >= 0.3 is 0 Å². The van der Waals surface area contributed by atoms with E-state index in [1.807, 2.05) is 19.1 Å².